The van der Waals surface area contributed by atoms with Crippen LogP contribution in [0.1, 0.15) is 10.4 Å². The molecule has 0 aliphatic heterocycles. The van der Waals surface area contributed by atoms with Gasteiger partial charge in [-0.25, -0.2) is 0 Å². The summed E-state index contributed by atoms with van der Waals surface area (Å²) in [5.74, 6) is -0.379. The molecule has 1 aromatic rings. The van der Waals surface area contributed by atoms with Crippen molar-refractivity contribution in [1.82, 2.24) is 0 Å². The maximum atomic E-state index is 10.7. The van der Waals surface area contributed by atoms with E-state index in [4.69, 9.17) is 5.73 Å². The van der Waals surface area contributed by atoms with Gasteiger partial charge in [0, 0.05) is 11.6 Å². The molecule has 0 heterocycles. The summed E-state index contributed by atoms with van der Waals surface area (Å²) < 4.78 is 32.0. The van der Waals surface area contributed by atoms with Gasteiger partial charge in [-0.15, -0.1) is 0 Å². The SMILES string of the molecule is C=CC(F)(F)F.NC(=O)c1ccccc1. The van der Waals surface area contributed by atoms with Crippen molar-refractivity contribution >= 4 is 5.91 Å². The van der Waals surface area contributed by atoms with Crippen molar-refractivity contribution in [3.63, 3.8) is 0 Å². The third kappa shape index (κ3) is 7.30. The van der Waals surface area contributed by atoms with E-state index < -0.39 is 6.18 Å². The second kappa shape index (κ2) is 5.85. The Morgan fingerprint density at radius 3 is 1.87 bits per heavy atom. The van der Waals surface area contributed by atoms with Crippen molar-refractivity contribution < 1.29 is 18.0 Å². The second-order valence-corrected chi connectivity index (χ2v) is 2.48. The molecule has 0 unspecified atom stereocenters. The number of benzene rings is 1. The lowest BCUT2D eigenvalue weighted by atomic mass is 10.2. The van der Waals surface area contributed by atoms with Crippen LogP contribution in [0.5, 0.6) is 0 Å². The Bertz CT molecular complexity index is 319. The number of primary amides is 1. The smallest absolute Gasteiger partial charge is 0.366 e. The predicted molar refractivity (Wildman–Crippen MR) is 51.2 cm³/mol. The predicted octanol–water partition coefficient (Wildman–Crippen LogP) is 2.52. The van der Waals surface area contributed by atoms with Crippen LogP contribution in [-0.2, 0) is 0 Å². The molecular weight excluding hydrogens is 207 g/mol. The Morgan fingerprint density at radius 2 is 1.67 bits per heavy atom. The zero-order valence-corrected chi connectivity index (χ0v) is 7.79. The monoisotopic (exact) mass is 217 g/mol. The van der Waals surface area contributed by atoms with Crippen LogP contribution in [0, 0.1) is 0 Å². The van der Waals surface area contributed by atoms with E-state index in [1.165, 1.54) is 0 Å². The van der Waals surface area contributed by atoms with Crippen molar-refractivity contribution in [2.45, 2.75) is 6.18 Å². The average Bonchev–Trinajstić information content (AvgIpc) is 2.19. The van der Waals surface area contributed by atoms with Crippen LogP contribution in [0.3, 0.4) is 0 Å². The number of halogens is 3. The largest absolute Gasteiger partial charge is 0.409 e. The number of alkyl halides is 3. The lowest BCUT2D eigenvalue weighted by molar-refractivity contribution is -0.0795. The van der Waals surface area contributed by atoms with Crippen molar-refractivity contribution in [2.75, 3.05) is 0 Å². The van der Waals surface area contributed by atoms with E-state index in [1.807, 2.05) is 6.07 Å². The average molecular weight is 217 g/mol. The highest BCUT2D eigenvalue weighted by molar-refractivity contribution is 5.92. The molecule has 0 saturated heterocycles. The first kappa shape index (κ1) is 13.2. The molecule has 0 spiro atoms. The van der Waals surface area contributed by atoms with Gasteiger partial charge < -0.3 is 5.73 Å². The van der Waals surface area contributed by atoms with Crippen molar-refractivity contribution in [3.8, 4) is 0 Å². The minimum Gasteiger partial charge on any atom is -0.366 e. The summed E-state index contributed by atoms with van der Waals surface area (Å²) in [6, 6.07) is 8.76. The van der Waals surface area contributed by atoms with Gasteiger partial charge in [0.15, 0.2) is 0 Å². The number of carbonyl (C=O) groups excluding carboxylic acids is 1. The van der Waals surface area contributed by atoms with Crippen LogP contribution < -0.4 is 5.73 Å². The Balaban J connectivity index is 0.000000288. The molecule has 0 aliphatic carbocycles. The number of amides is 1. The van der Waals surface area contributed by atoms with Crippen molar-refractivity contribution in [3.05, 3.63) is 48.6 Å². The summed E-state index contributed by atoms with van der Waals surface area (Å²) in [5, 5.41) is 0. The highest BCUT2D eigenvalue weighted by atomic mass is 19.4. The summed E-state index contributed by atoms with van der Waals surface area (Å²) in [4.78, 5) is 10.4. The Morgan fingerprint density at radius 1 is 1.27 bits per heavy atom. The highest BCUT2D eigenvalue weighted by Crippen LogP contribution is 2.13. The Hall–Kier alpha value is -1.78. The lowest BCUT2D eigenvalue weighted by Gasteiger charge is -1.91. The fraction of sp³-hybridized carbons (Fsp3) is 0.100. The quantitative estimate of drug-likeness (QED) is 0.721. The summed E-state index contributed by atoms with van der Waals surface area (Å²) in [5.41, 5.74) is 5.53. The number of rotatable bonds is 1. The molecule has 1 rings (SSSR count). The van der Waals surface area contributed by atoms with E-state index in [0.717, 1.165) is 0 Å². The molecule has 0 radical (unpaired) electrons. The number of hydrogen-bond donors (Lipinski definition) is 1. The molecule has 0 bridgehead atoms. The number of carbonyl (C=O) groups is 1. The molecule has 82 valence electrons. The molecule has 0 saturated carbocycles. The molecule has 0 fully saturated rings. The standard InChI is InChI=1S/C7H7NO.C3H3F3/c8-7(9)6-4-2-1-3-5-6;1-2-3(4,5)6/h1-5H,(H2,8,9);2H,1H2. The summed E-state index contributed by atoms with van der Waals surface area (Å²) in [6.07, 6.45) is -4.26. The first-order valence-electron chi connectivity index (χ1n) is 3.92. The van der Waals surface area contributed by atoms with Gasteiger partial charge in [-0.3, -0.25) is 4.79 Å². The third-order valence-corrected chi connectivity index (χ3v) is 1.29. The minimum atomic E-state index is -4.19. The molecule has 0 aromatic heterocycles. The molecule has 15 heavy (non-hydrogen) atoms. The molecule has 2 N–H and O–H groups in total. The second-order valence-electron chi connectivity index (χ2n) is 2.48. The number of hydrogen-bond acceptors (Lipinski definition) is 1. The van der Waals surface area contributed by atoms with Gasteiger partial charge in [0.1, 0.15) is 0 Å². The van der Waals surface area contributed by atoms with Gasteiger partial charge in [-0.2, -0.15) is 13.2 Å². The van der Waals surface area contributed by atoms with Gasteiger partial charge in [0.25, 0.3) is 0 Å². The maximum Gasteiger partial charge on any atom is 0.409 e. The van der Waals surface area contributed by atoms with Gasteiger partial charge >= 0.3 is 6.18 Å². The van der Waals surface area contributed by atoms with Crippen LogP contribution in [0.25, 0.3) is 0 Å². The molecule has 0 aliphatic rings. The van der Waals surface area contributed by atoms with Crippen LogP contribution >= 0.6 is 0 Å². The van der Waals surface area contributed by atoms with Crippen LogP contribution in [-0.4, -0.2) is 12.1 Å². The highest BCUT2D eigenvalue weighted by Gasteiger charge is 2.19. The number of nitrogens with two attached hydrogens (primary N) is 1. The topological polar surface area (TPSA) is 43.1 Å². The molecule has 2 nitrogen and oxygen atoms in total. The first-order chi connectivity index (χ1) is 6.87. The zero-order chi connectivity index (χ0) is 11.9. The maximum absolute atomic E-state index is 10.7. The van der Waals surface area contributed by atoms with E-state index in [9.17, 15) is 18.0 Å². The Labute approximate surface area is 85.2 Å². The van der Waals surface area contributed by atoms with Gasteiger partial charge in [-0.05, 0) is 12.1 Å². The first-order valence-corrected chi connectivity index (χ1v) is 3.92. The summed E-state index contributed by atoms with van der Waals surface area (Å²) in [6.45, 7) is 2.51. The van der Waals surface area contributed by atoms with E-state index in [1.54, 1.807) is 24.3 Å². The zero-order valence-electron chi connectivity index (χ0n) is 7.79. The van der Waals surface area contributed by atoms with E-state index in [0.29, 0.717) is 5.56 Å². The van der Waals surface area contributed by atoms with E-state index >= 15 is 0 Å². The van der Waals surface area contributed by atoms with Gasteiger partial charge in [0.05, 0.1) is 0 Å². The van der Waals surface area contributed by atoms with Gasteiger partial charge in [-0.1, -0.05) is 24.8 Å². The molecule has 1 aromatic carbocycles. The van der Waals surface area contributed by atoms with Crippen LogP contribution in [0.4, 0.5) is 13.2 Å². The molecule has 5 heteroatoms. The van der Waals surface area contributed by atoms with Crippen molar-refractivity contribution in [2.24, 2.45) is 5.73 Å². The molecular formula is C10H10F3NO. The Kier molecular flexibility index (Phi) is 5.15. The van der Waals surface area contributed by atoms with E-state index in [-0.39, 0.29) is 12.0 Å². The summed E-state index contributed by atoms with van der Waals surface area (Å²) >= 11 is 0. The summed E-state index contributed by atoms with van der Waals surface area (Å²) in [7, 11) is 0. The lowest BCUT2D eigenvalue weighted by Crippen LogP contribution is -2.09. The van der Waals surface area contributed by atoms with Crippen LogP contribution in [0.2, 0.25) is 0 Å². The number of allylic oxidation sites excluding steroid dienone is 1. The van der Waals surface area contributed by atoms with E-state index in [2.05, 4.69) is 6.58 Å². The fourth-order valence-corrected chi connectivity index (χ4v) is 0.602. The molecule has 0 atom stereocenters. The third-order valence-electron chi connectivity index (χ3n) is 1.29. The minimum absolute atomic E-state index is 0.0625. The normalized spacial score (nSPS) is 9.80. The van der Waals surface area contributed by atoms with Gasteiger partial charge in [0.2, 0.25) is 5.91 Å². The van der Waals surface area contributed by atoms with Crippen molar-refractivity contribution in [1.29, 1.82) is 0 Å². The van der Waals surface area contributed by atoms with Crippen LogP contribution in [0.15, 0.2) is 43.0 Å². The molecule has 1 amide bonds. The fourth-order valence-electron chi connectivity index (χ4n) is 0.602.